The van der Waals surface area contributed by atoms with Gasteiger partial charge in [-0.15, -0.1) is 0 Å². The van der Waals surface area contributed by atoms with Gasteiger partial charge >= 0.3 is 0 Å². The fourth-order valence-corrected chi connectivity index (χ4v) is 2.36. The number of nitrogens with zero attached hydrogens (tertiary/aromatic N) is 3. The number of aromatic nitrogens is 4. The summed E-state index contributed by atoms with van der Waals surface area (Å²) in [5.41, 5.74) is 3.37. The van der Waals surface area contributed by atoms with Crippen LogP contribution in [-0.4, -0.2) is 26.2 Å². The van der Waals surface area contributed by atoms with Gasteiger partial charge in [-0.3, -0.25) is 9.89 Å². The molecular weight excluding hydrogens is 311 g/mol. The van der Waals surface area contributed by atoms with Gasteiger partial charge in [0.1, 0.15) is 5.75 Å². The predicted octanol–water partition coefficient (Wildman–Crippen LogP) is 3.62. The Balaban J connectivity index is 1.91. The van der Waals surface area contributed by atoms with Crippen LogP contribution >= 0.6 is 0 Å². The second kappa shape index (κ2) is 6.19. The molecule has 0 amide bonds. The van der Waals surface area contributed by atoms with E-state index in [1.54, 1.807) is 19.1 Å². The Morgan fingerprint density at radius 2 is 2.00 bits per heavy atom. The lowest BCUT2D eigenvalue weighted by molar-refractivity contribution is 0.101. The molecule has 3 rings (SSSR count). The number of benzene rings is 1. The van der Waals surface area contributed by atoms with E-state index >= 15 is 0 Å². The van der Waals surface area contributed by atoms with E-state index in [2.05, 4.69) is 20.4 Å². The van der Waals surface area contributed by atoms with E-state index in [1.807, 2.05) is 19.1 Å². The van der Waals surface area contributed by atoms with Gasteiger partial charge in [-0.05, 0) is 43.2 Å². The van der Waals surface area contributed by atoms with Gasteiger partial charge in [-0.25, -0.2) is 4.98 Å². The summed E-state index contributed by atoms with van der Waals surface area (Å²) in [4.78, 5) is 15.2. The van der Waals surface area contributed by atoms with E-state index < -0.39 is 5.95 Å². The Hall–Kier alpha value is -3.09. The van der Waals surface area contributed by atoms with Gasteiger partial charge in [0, 0.05) is 24.2 Å². The van der Waals surface area contributed by atoms with Crippen LogP contribution in [0.3, 0.4) is 0 Å². The Labute approximate surface area is 137 Å². The second-order valence-corrected chi connectivity index (χ2v) is 5.46. The number of hydrogen-bond donors (Lipinski definition) is 1. The van der Waals surface area contributed by atoms with Crippen molar-refractivity contribution < 1.29 is 13.9 Å². The van der Waals surface area contributed by atoms with Gasteiger partial charge in [-0.1, -0.05) is 16.4 Å². The van der Waals surface area contributed by atoms with Crippen molar-refractivity contribution in [2.75, 3.05) is 0 Å². The van der Waals surface area contributed by atoms with Crippen molar-refractivity contribution in [2.45, 2.75) is 20.8 Å². The Kier molecular flexibility index (Phi) is 4.07. The average Bonchev–Trinajstić information content (AvgIpc) is 2.99. The summed E-state index contributed by atoms with van der Waals surface area (Å²) < 4.78 is 18.9. The molecule has 0 aliphatic heterocycles. The number of aryl methyl sites for hydroxylation is 2. The number of carbonyl (C=O) groups is 1. The fourth-order valence-electron chi connectivity index (χ4n) is 2.36. The van der Waals surface area contributed by atoms with Crippen LogP contribution in [0.2, 0.25) is 0 Å². The molecule has 6 nitrogen and oxygen atoms in total. The molecule has 0 radical (unpaired) electrons. The molecule has 7 heteroatoms. The molecule has 0 aliphatic rings. The Bertz CT molecular complexity index is 921. The lowest BCUT2D eigenvalue weighted by atomic mass is 10.0. The summed E-state index contributed by atoms with van der Waals surface area (Å²) in [6.07, 6.45) is 1.50. The van der Waals surface area contributed by atoms with E-state index in [-0.39, 0.29) is 17.4 Å². The van der Waals surface area contributed by atoms with Crippen molar-refractivity contribution in [1.29, 1.82) is 0 Å². The lowest BCUT2D eigenvalue weighted by Crippen LogP contribution is -1.97. The first-order valence-electron chi connectivity index (χ1n) is 7.28. The number of rotatable bonds is 4. The van der Waals surface area contributed by atoms with Crippen LogP contribution in [0.5, 0.6) is 11.6 Å². The summed E-state index contributed by atoms with van der Waals surface area (Å²) in [6.45, 7) is 4.99. The van der Waals surface area contributed by atoms with Crippen molar-refractivity contribution in [3.63, 3.8) is 0 Å². The Morgan fingerprint density at radius 3 is 2.67 bits per heavy atom. The summed E-state index contributed by atoms with van der Waals surface area (Å²) >= 11 is 0. The highest BCUT2D eigenvalue weighted by molar-refractivity contribution is 5.94. The van der Waals surface area contributed by atoms with Crippen LogP contribution in [0.1, 0.15) is 28.5 Å². The summed E-state index contributed by atoms with van der Waals surface area (Å²) in [7, 11) is 0. The molecule has 24 heavy (non-hydrogen) atoms. The van der Waals surface area contributed by atoms with Gasteiger partial charge in [-0.2, -0.15) is 4.39 Å². The standard InChI is InChI=1S/C17H15FN4O2/c1-9-7-13(24-17-15(11(3)23)20-22-21-17)4-5-14(9)12-6-10(2)16(18)19-8-12/h4-8H,1-3H3,(H,20,21,22). The SMILES string of the molecule is CC(=O)c1[nH]nnc1Oc1ccc(-c2cnc(F)c(C)c2)c(C)c1. The van der Waals surface area contributed by atoms with Gasteiger partial charge in [0.05, 0.1) is 0 Å². The molecule has 122 valence electrons. The predicted molar refractivity (Wildman–Crippen MR) is 85.6 cm³/mol. The molecule has 3 aromatic rings. The molecule has 2 aromatic heterocycles. The average molecular weight is 326 g/mol. The smallest absolute Gasteiger partial charge is 0.269 e. The van der Waals surface area contributed by atoms with Crippen LogP contribution in [-0.2, 0) is 0 Å². The lowest BCUT2D eigenvalue weighted by Gasteiger charge is -2.10. The minimum atomic E-state index is -0.473. The first-order chi connectivity index (χ1) is 11.5. The zero-order valence-electron chi connectivity index (χ0n) is 13.4. The fraction of sp³-hybridized carbons (Fsp3) is 0.176. The van der Waals surface area contributed by atoms with Crippen LogP contribution in [0, 0.1) is 19.8 Å². The molecule has 0 saturated carbocycles. The molecule has 0 fully saturated rings. The van der Waals surface area contributed by atoms with E-state index in [9.17, 15) is 9.18 Å². The molecule has 0 spiro atoms. The summed E-state index contributed by atoms with van der Waals surface area (Å²) in [5, 5.41) is 9.85. The number of hydrogen-bond acceptors (Lipinski definition) is 5. The molecule has 1 aromatic carbocycles. The van der Waals surface area contributed by atoms with E-state index in [4.69, 9.17) is 4.74 Å². The second-order valence-electron chi connectivity index (χ2n) is 5.46. The van der Waals surface area contributed by atoms with E-state index in [1.165, 1.54) is 13.1 Å². The molecule has 0 unspecified atom stereocenters. The minimum absolute atomic E-state index is 0.133. The van der Waals surface area contributed by atoms with E-state index in [0.717, 1.165) is 16.7 Å². The van der Waals surface area contributed by atoms with Gasteiger partial charge in [0.2, 0.25) is 5.95 Å². The number of pyridine rings is 1. The van der Waals surface area contributed by atoms with Crippen molar-refractivity contribution >= 4 is 5.78 Å². The summed E-state index contributed by atoms with van der Waals surface area (Å²) in [5.74, 6) is -0.0243. The van der Waals surface area contributed by atoms with Crippen molar-refractivity contribution in [3.05, 3.63) is 53.2 Å². The quantitative estimate of drug-likeness (QED) is 0.585. The zero-order chi connectivity index (χ0) is 17.3. The highest BCUT2D eigenvalue weighted by Crippen LogP contribution is 2.29. The van der Waals surface area contributed by atoms with Gasteiger partial charge in [0.25, 0.3) is 5.88 Å². The number of nitrogens with one attached hydrogen (secondary N) is 1. The topological polar surface area (TPSA) is 80.8 Å². The van der Waals surface area contributed by atoms with Crippen molar-refractivity contribution in [1.82, 2.24) is 20.4 Å². The van der Waals surface area contributed by atoms with Crippen LogP contribution in [0.4, 0.5) is 4.39 Å². The monoisotopic (exact) mass is 326 g/mol. The molecule has 0 saturated heterocycles. The first-order valence-corrected chi connectivity index (χ1v) is 7.28. The molecule has 1 N–H and O–H groups in total. The molecule has 2 heterocycles. The van der Waals surface area contributed by atoms with Crippen molar-refractivity contribution in [3.8, 4) is 22.8 Å². The number of ketones is 1. The maximum absolute atomic E-state index is 13.3. The largest absolute Gasteiger partial charge is 0.436 e. The van der Waals surface area contributed by atoms with Crippen LogP contribution < -0.4 is 4.74 Å². The minimum Gasteiger partial charge on any atom is -0.436 e. The Morgan fingerprint density at radius 1 is 1.21 bits per heavy atom. The highest BCUT2D eigenvalue weighted by Gasteiger charge is 2.14. The van der Waals surface area contributed by atoms with Crippen molar-refractivity contribution in [2.24, 2.45) is 0 Å². The van der Waals surface area contributed by atoms with Gasteiger partial charge in [0.15, 0.2) is 11.5 Å². The third-order valence-electron chi connectivity index (χ3n) is 3.61. The number of ether oxygens (including phenoxy) is 1. The maximum Gasteiger partial charge on any atom is 0.269 e. The normalized spacial score (nSPS) is 10.7. The number of H-pyrrole nitrogens is 1. The summed E-state index contributed by atoms with van der Waals surface area (Å²) in [6, 6.07) is 7.16. The maximum atomic E-state index is 13.3. The number of Topliss-reactive ketones (excluding diaryl/α,β-unsaturated/α-hetero) is 1. The van der Waals surface area contributed by atoms with Crippen LogP contribution in [0.15, 0.2) is 30.5 Å². The molecule has 0 atom stereocenters. The number of halogens is 1. The van der Waals surface area contributed by atoms with E-state index in [0.29, 0.717) is 11.3 Å². The number of aromatic amines is 1. The van der Waals surface area contributed by atoms with Gasteiger partial charge < -0.3 is 4.74 Å². The number of carbonyl (C=O) groups excluding carboxylic acids is 1. The van der Waals surface area contributed by atoms with Crippen LogP contribution in [0.25, 0.3) is 11.1 Å². The molecule has 0 aliphatic carbocycles. The highest BCUT2D eigenvalue weighted by atomic mass is 19.1. The zero-order valence-corrected chi connectivity index (χ0v) is 13.4. The molecule has 0 bridgehead atoms. The molecular formula is C17H15FN4O2. The third kappa shape index (κ3) is 3.01. The first kappa shape index (κ1) is 15.8. The third-order valence-corrected chi connectivity index (χ3v) is 3.61.